The van der Waals surface area contributed by atoms with Gasteiger partial charge in [-0.15, -0.1) is 0 Å². The molecule has 0 saturated heterocycles. The SMILES string of the molecule is O.O=C(O)CNc1nc(Cl)nc(Cl)n1. The summed E-state index contributed by atoms with van der Waals surface area (Å²) >= 11 is 10.9. The second-order valence-electron chi connectivity index (χ2n) is 1.94. The van der Waals surface area contributed by atoms with Crippen molar-refractivity contribution >= 4 is 35.1 Å². The number of anilines is 1. The number of carbonyl (C=O) groups is 1. The summed E-state index contributed by atoms with van der Waals surface area (Å²) in [7, 11) is 0. The molecular weight excluding hydrogens is 235 g/mol. The third-order valence-corrected chi connectivity index (χ3v) is 1.32. The highest BCUT2D eigenvalue weighted by Gasteiger charge is 2.03. The van der Waals surface area contributed by atoms with Crippen LogP contribution in [0, 0.1) is 0 Å². The Kier molecular flexibility index (Phi) is 5.06. The second-order valence-corrected chi connectivity index (χ2v) is 2.62. The van der Waals surface area contributed by atoms with E-state index in [9.17, 15) is 4.79 Å². The van der Waals surface area contributed by atoms with Gasteiger partial charge in [-0.25, -0.2) is 0 Å². The minimum absolute atomic E-state index is 0. The molecule has 0 fully saturated rings. The predicted molar refractivity (Wildman–Crippen MR) is 49.6 cm³/mol. The lowest BCUT2D eigenvalue weighted by molar-refractivity contribution is -0.134. The van der Waals surface area contributed by atoms with E-state index < -0.39 is 5.97 Å². The first-order chi connectivity index (χ1) is 6.08. The normalized spacial score (nSPS) is 9.00. The number of rotatable bonds is 3. The van der Waals surface area contributed by atoms with Gasteiger partial charge in [-0.3, -0.25) is 4.79 Å². The summed E-state index contributed by atoms with van der Waals surface area (Å²) in [6.45, 7) is -0.309. The quantitative estimate of drug-likeness (QED) is 0.759. The number of hydrogen-bond acceptors (Lipinski definition) is 5. The van der Waals surface area contributed by atoms with Crippen LogP contribution in [0.4, 0.5) is 5.95 Å². The molecule has 1 heterocycles. The first kappa shape index (κ1) is 12.8. The number of aliphatic carboxylic acids is 1. The van der Waals surface area contributed by atoms with Crippen LogP contribution in [0.2, 0.25) is 10.6 Å². The van der Waals surface area contributed by atoms with E-state index in [4.69, 9.17) is 28.3 Å². The number of hydrogen-bond donors (Lipinski definition) is 2. The molecule has 0 amide bonds. The van der Waals surface area contributed by atoms with Crippen molar-refractivity contribution < 1.29 is 15.4 Å². The molecule has 4 N–H and O–H groups in total. The Morgan fingerprint density at radius 3 is 2.21 bits per heavy atom. The van der Waals surface area contributed by atoms with E-state index in [0.29, 0.717) is 0 Å². The molecule has 0 bridgehead atoms. The molecule has 1 rings (SSSR count). The van der Waals surface area contributed by atoms with Crippen molar-refractivity contribution in [3.63, 3.8) is 0 Å². The standard InChI is InChI=1S/C5H4Cl2N4O2.H2O/c6-3-9-4(7)11-5(10-3)8-1-2(12)13;/h1H2,(H,12,13)(H,8,9,10,11);1H2. The Labute approximate surface area is 88.4 Å². The zero-order valence-corrected chi connectivity index (χ0v) is 8.17. The van der Waals surface area contributed by atoms with Crippen molar-refractivity contribution in [2.45, 2.75) is 0 Å². The van der Waals surface area contributed by atoms with Crippen LogP contribution < -0.4 is 5.32 Å². The van der Waals surface area contributed by atoms with Gasteiger partial charge in [0.25, 0.3) is 0 Å². The van der Waals surface area contributed by atoms with Crippen LogP contribution in [0.5, 0.6) is 0 Å². The minimum Gasteiger partial charge on any atom is -0.480 e. The molecule has 0 spiro atoms. The fraction of sp³-hybridized carbons (Fsp3) is 0.200. The van der Waals surface area contributed by atoms with Crippen LogP contribution in [0.15, 0.2) is 0 Å². The van der Waals surface area contributed by atoms with Crippen LogP contribution in [0.3, 0.4) is 0 Å². The summed E-state index contributed by atoms with van der Waals surface area (Å²) in [5.41, 5.74) is 0. The molecule has 0 radical (unpaired) electrons. The average Bonchev–Trinajstić information content (AvgIpc) is 1.99. The number of nitrogens with one attached hydrogen (secondary N) is 1. The smallest absolute Gasteiger partial charge is 0.322 e. The van der Waals surface area contributed by atoms with Gasteiger partial charge in [0, 0.05) is 0 Å². The maximum absolute atomic E-state index is 10.1. The van der Waals surface area contributed by atoms with E-state index in [1.54, 1.807) is 0 Å². The number of carboxylic acid groups (broad SMARTS) is 1. The molecule has 0 unspecified atom stereocenters. The molecule has 0 aromatic carbocycles. The van der Waals surface area contributed by atoms with E-state index in [2.05, 4.69) is 20.3 Å². The molecule has 9 heteroatoms. The average molecular weight is 241 g/mol. The predicted octanol–water partition coefficient (Wildman–Crippen LogP) is -0.150. The molecule has 1 aromatic heterocycles. The van der Waals surface area contributed by atoms with Gasteiger partial charge >= 0.3 is 5.97 Å². The van der Waals surface area contributed by atoms with Crippen LogP contribution in [0.1, 0.15) is 0 Å². The van der Waals surface area contributed by atoms with Crippen LogP contribution in [-0.4, -0.2) is 38.0 Å². The van der Waals surface area contributed by atoms with Crippen molar-refractivity contribution in [1.29, 1.82) is 0 Å². The third-order valence-electron chi connectivity index (χ3n) is 0.979. The summed E-state index contributed by atoms with van der Waals surface area (Å²) in [5, 5.41) is 10.5. The molecule has 7 nitrogen and oxygen atoms in total. The lowest BCUT2D eigenvalue weighted by atomic mass is 10.6. The van der Waals surface area contributed by atoms with Gasteiger partial charge < -0.3 is 15.9 Å². The highest BCUT2D eigenvalue weighted by atomic mass is 35.5. The van der Waals surface area contributed by atoms with Gasteiger partial charge in [-0.2, -0.15) is 15.0 Å². The number of aromatic nitrogens is 3. The summed E-state index contributed by atoms with van der Waals surface area (Å²) in [6, 6.07) is 0. The molecule has 0 saturated carbocycles. The van der Waals surface area contributed by atoms with Gasteiger partial charge in [0.1, 0.15) is 6.54 Å². The number of halogens is 2. The fourth-order valence-corrected chi connectivity index (χ4v) is 0.923. The first-order valence-corrected chi connectivity index (χ1v) is 3.86. The Balaban J connectivity index is 0.00000169. The topological polar surface area (TPSA) is 120 Å². The van der Waals surface area contributed by atoms with E-state index >= 15 is 0 Å². The molecule has 0 aliphatic heterocycles. The molecular formula is C5H6Cl2N4O3. The van der Waals surface area contributed by atoms with E-state index in [1.165, 1.54) is 0 Å². The lowest BCUT2D eigenvalue weighted by Gasteiger charge is -2.00. The van der Waals surface area contributed by atoms with Gasteiger partial charge in [-0.1, -0.05) is 0 Å². The highest BCUT2D eigenvalue weighted by Crippen LogP contribution is 2.08. The fourth-order valence-electron chi connectivity index (χ4n) is 0.560. The van der Waals surface area contributed by atoms with E-state index in [1.807, 2.05) is 0 Å². The van der Waals surface area contributed by atoms with Gasteiger partial charge in [-0.05, 0) is 23.2 Å². The van der Waals surface area contributed by atoms with Crippen LogP contribution in [0.25, 0.3) is 0 Å². The summed E-state index contributed by atoms with van der Waals surface area (Å²) < 4.78 is 0. The Morgan fingerprint density at radius 2 is 1.79 bits per heavy atom. The summed E-state index contributed by atoms with van der Waals surface area (Å²) in [5.74, 6) is -1.000. The lowest BCUT2D eigenvalue weighted by Crippen LogP contribution is -2.14. The summed E-state index contributed by atoms with van der Waals surface area (Å²) in [4.78, 5) is 20.8. The summed E-state index contributed by atoms with van der Waals surface area (Å²) in [6.07, 6.45) is 0. The second kappa shape index (κ2) is 5.53. The van der Waals surface area contributed by atoms with Crippen molar-refractivity contribution in [3.8, 4) is 0 Å². The van der Waals surface area contributed by atoms with E-state index in [0.717, 1.165) is 0 Å². The van der Waals surface area contributed by atoms with Gasteiger partial charge in [0.2, 0.25) is 16.5 Å². The molecule has 0 aliphatic carbocycles. The zero-order valence-electron chi connectivity index (χ0n) is 6.66. The highest BCUT2D eigenvalue weighted by molar-refractivity contribution is 6.31. The third kappa shape index (κ3) is 4.17. The van der Waals surface area contributed by atoms with Crippen molar-refractivity contribution in [3.05, 3.63) is 10.6 Å². The van der Waals surface area contributed by atoms with Gasteiger partial charge in [0.15, 0.2) is 0 Å². The van der Waals surface area contributed by atoms with E-state index in [-0.39, 0.29) is 28.5 Å². The molecule has 0 aliphatic rings. The number of carboxylic acids is 1. The van der Waals surface area contributed by atoms with Crippen molar-refractivity contribution in [2.24, 2.45) is 0 Å². The number of nitrogens with zero attached hydrogens (tertiary/aromatic N) is 3. The van der Waals surface area contributed by atoms with Crippen molar-refractivity contribution in [2.75, 3.05) is 11.9 Å². The minimum atomic E-state index is -1.03. The molecule has 14 heavy (non-hydrogen) atoms. The maximum Gasteiger partial charge on any atom is 0.322 e. The largest absolute Gasteiger partial charge is 0.480 e. The van der Waals surface area contributed by atoms with Crippen LogP contribution in [-0.2, 0) is 4.79 Å². The zero-order chi connectivity index (χ0) is 9.84. The molecule has 78 valence electrons. The van der Waals surface area contributed by atoms with Crippen LogP contribution >= 0.6 is 23.2 Å². The molecule has 1 aromatic rings. The monoisotopic (exact) mass is 240 g/mol. The Morgan fingerprint density at radius 1 is 1.29 bits per heavy atom. The van der Waals surface area contributed by atoms with Gasteiger partial charge in [0.05, 0.1) is 0 Å². The first-order valence-electron chi connectivity index (χ1n) is 3.10. The molecule has 0 atom stereocenters. The Bertz CT molecular complexity index is 315. The Hall–Kier alpha value is -1.18. The maximum atomic E-state index is 10.1. The van der Waals surface area contributed by atoms with Crippen molar-refractivity contribution in [1.82, 2.24) is 15.0 Å².